The van der Waals surface area contributed by atoms with Crippen LogP contribution in [0.2, 0.25) is 5.02 Å². The molecule has 1 aromatic heterocycles. The number of benzene rings is 2. The molecule has 0 aliphatic carbocycles. The topological polar surface area (TPSA) is 83.0 Å². The third-order valence-electron chi connectivity index (χ3n) is 3.28. The van der Waals surface area contributed by atoms with E-state index in [1.54, 1.807) is 48.5 Å². The molecule has 0 unspecified atom stereocenters. The van der Waals surface area contributed by atoms with E-state index in [0.29, 0.717) is 21.9 Å². The molecule has 3 aromatic rings. The van der Waals surface area contributed by atoms with Gasteiger partial charge in [-0.2, -0.15) is 9.67 Å². The minimum atomic E-state index is -0.425. The molecule has 116 valence electrons. The summed E-state index contributed by atoms with van der Waals surface area (Å²) in [5.74, 6) is 0.282. The highest BCUT2D eigenvalue weighted by atomic mass is 35.5. The van der Waals surface area contributed by atoms with Crippen molar-refractivity contribution in [1.29, 1.82) is 0 Å². The van der Waals surface area contributed by atoms with E-state index in [4.69, 9.17) is 22.1 Å². The van der Waals surface area contributed by atoms with Crippen molar-refractivity contribution in [3.8, 4) is 17.1 Å². The van der Waals surface area contributed by atoms with Crippen LogP contribution in [0.5, 0.6) is 5.75 Å². The molecular formula is C16H13ClN4O2. The number of carbonyl (C=O) groups excluding carboxylic acids is 1. The second kappa shape index (κ2) is 6.10. The van der Waals surface area contributed by atoms with E-state index < -0.39 is 5.91 Å². The summed E-state index contributed by atoms with van der Waals surface area (Å²) in [7, 11) is 1.49. The average molecular weight is 329 g/mol. The predicted molar refractivity (Wildman–Crippen MR) is 87.6 cm³/mol. The maximum atomic E-state index is 12.6. The van der Waals surface area contributed by atoms with Gasteiger partial charge in [0.2, 0.25) is 5.95 Å². The van der Waals surface area contributed by atoms with Crippen LogP contribution in [0.4, 0.5) is 5.95 Å². The second-order valence-corrected chi connectivity index (χ2v) is 5.10. The summed E-state index contributed by atoms with van der Waals surface area (Å²) < 4.78 is 6.23. The zero-order chi connectivity index (χ0) is 16.4. The van der Waals surface area contributed by atoms with E-state index in [1.807, 2.05) is 0 Å². The summed E-state index contributed by atoms with van der Waals surface area (Å²) in [4.78, 5) is 16.8. The minimum Gasteiger partial charge on any atom is -0.496 e. The molecule has 7 heteroatoms. The van der Waals surface area contributed by atoms with Crippen molar-refractivity contribution in [2.45, 2.75) is 0 Å². The van der Waals surface area contributed by atoms with Crippen molar-refractivity contribution in [1.82, 2.24) is 14.8 Å². The standard InChI is InChI=1S/C16H13ClN4O2/c1-23-13-9-5-3-7-11(13)15(22)21-16(18)19-14(20-21)10-6-2-4-8-12(10)17/h2-9H,1H3,(H2,18,19,20). The van der Waals surface area contributed by atoms with Crippen LogP contribution in [0.3, 0.4) is 0 Å². The summed E-state index contributed by atoms with van der Waals surface area (Å²) in [6.45, 7) is 0. The number of nitrogens with zero attached hydrogens (tertiary/aromatic N) is 3. The number of nitrogen functional groups attached to an aromatic ring is 1. The van der Waals surface area contributed by atoms with Crippen molar-refractivity contribution >= 4 is 23.5 Å². The number of hydrogen-bond acceptors (Lipinski definition) is 5. The second-order valence-electron chi connectivity index (χ2n) is 4.69. The molecule has 0 aliphatic rings. The molecule has 0 saturated carbocycles. The van der Waals surface area contributed by atoms with Gasteiger partial charge in [0.1, 0.15) is 5.75 Å². The number of halogens is 1. The van der Waals surface area contributed by atoms with Gasteiger partial charge in [-0.05, 0) is 24.3 Å². The van der Waals surface area contributed by atoms with Crippen LogP contribution in [0.25, 0.3) is 11.4 Å². The number of aromatic nitrogens is 3. The Balaban J connectivity index is 2.05. The van der Waals surface area contributed by atoms with Crippen LogP contribution in [-0.4, -0.2) is 27.8 Å². The highest BCUT2D eigenvalue weighted by molar-refractivity contribution is 6.33. The molecule has 1 heterocycles. The number of rotatable bonds is 3. The Kier molecular flexibility index (Phi) is 3.99. The summed E-state index contributed by atoms with van der Waals surface area (Å²) in [6, 6.07) is 13.9. The van der Waals surface area contributed by atoms with Crippen LogP contribution in [-0.2, 0) is 0 Å². The van der Waals surface area contributed by atoms with Crippen molar-refractivity contribution in [2.75, 3.05) is 12.8 Å². The molecule has 0 aliphatic heterocycles. The minimum absolute atomic E-state index is 0.0178. The lowest BCUT2D eigenvalue weighted by Gasteiger charge is -2.07. The SMILES string of the molecule is COc1ccccc1C(=O)n1nc(-c2ccccc2Cl)nc1N. The predicted octanol–water partition coefficient (Wildman–Crippen LogP) is 2.88. The van der Waals surface area contributed by atoms with E-state index in [0.717, 1.165) is 4.68 Å². The average Bonchev–Trinajstić information content (AvgIpc) is 2.96. The quantitative estimate of drug-likeness (QED) is 0.799. The lowest BCUT2D eigenvalue weighted by Crippen LogP contribution is -2.17. The molecule has 0 amide bonds. The Hall–Kier alpha value is -2.86. The summed E-state index contributed by atoms with van der Waals surface area (Å²) in [5.41, 5.74) is 6.79. The Bertz CT molecular complexity index is 876. The number of para-hydroxylation sites is 1. The smallest absolute Gasteiger partial charge is 0.285 e. The highest BCUT2D eigenvalue weighted by Crippen LogP contribution is 2.26. The normalized spacial score (nSPS) is 10.5. The number of carbonyl (C=O) groups is 1. The van der Waals surface area contributed by atoms with Gasteiger partial charge in [0.25, 0.3) is 5.91 Å². The van der Waals surface area contributed by atoms with E-state index in [9.17, 15) is 4.79 Å². The van der Waals surface area contributed by atoms with Crippen LogP contribution in [0.15, 0.2) is 48.5 Å². The van der Waals surface area contributed by atoms with Gasteiger partial charge < -0.3 is 10.5 Å². The molecule has 2 N–H and O–H groups in total. The van der Waals surface area contributed by atoms with Crippen molar-refractivity contribution in [3.05, 3.63) is 59.1 Å². The van der Waals surface area contributed by atoms with Crippen molar-refractivity contribution < 1.29 is 9.53 Å². The van der Waals surface area contributed by atoms with E-state index in [-0.39, 0.29) is 11.8 Å². The Labute approximate surface area is 137 Å². The van der Waals surface area contributed by atoms with Crippen molar-refractivity contribution in [3.63, 3.8) is 0 Å². The molecule has 0 bridgehead atoms. The molecule has 3 rings (SSSR count). The molecule has 0 spiro atoms. The number of hydrogen-bond donors (Lipinski definition) is 1. The van der Waals surface area contributed by atoms with Gasteiger partial charge in [-0.3, -0.25) is 4.79 Å². The molecule has 6 nitrogen and oxygen atoms in total. The first-order valence-corrected chi connectivity index (χ1v) is 7.14. The molecule has 0 atom stereocenters. The van der Waals surface area contributed by atoms with E-state index in [1.165, 1.54) is 7.11 Å². The fraction of sp³-hybridized carbons (Fsp3) is 0.0625. The Morgan fingerprint density at radius 2 is 1.87 bits per heavy atom. The van der Waals surface area contributed by atoms with Gasteiger partial charge in [-0.25, -0.2) is 0 Å². The molecular weight excluding hydrogens is 316 g/mol. The van der Waals surface area contributed by atoms with Gasteiger partial charge in [-0.15, -0.1) is 5.10 Å². The first-order chi connectivity index (χ1) is 11.1. The van der Waals surface area contributed by atoms with Crippen molar-refractivity contribution in [2.24, 2.45) is 0 Å². The molecule has 0 saturated heterocycles. The first kappa shape index (κ1) is 15.1. The van der Waals surface area contributed by atoms with Gasteiger partial charge in [-0.1, -0.05) is 35.9 Å². The van der Waals surface area contributed by atoms with E-state index in [2.05, 4.69) is 10.1 Å². The largest absolute Gasteiger partial charge is 0.496 e. The maximum Gasteiger partial charge on any atom is 0.285 e. The number of ether oxygens (including phenoxy) is 1. The summed E-state index contributed by atoms with van der Waals surface area (Å²) in [6.07, 6.45) is 0. The zero-order valence-corrected chi connectivity index (χ0v) is 13.0. The summed E-state index contributed by atoms with van der Waals surface area (Å²) >= 11 is 6.13. The monoisotopic (exact) mass is 328 g/mol. The van der Waals surface area contributed by atoms with Crippen LogP contribution in [0, 0.1) is 0 Å². The third kappa shape index (κ3) is 2.76. The zero-order valence-electron chi connectivity index (χ0n) is 12.2. The fourth-order valence-corrected chi connectivity index (χ4v) is 2.39. The third-order valence-corrected chi connectivity index (χ3v) is 3.61. The van der Waals surface area contributed by atoms with Gasteiger partial charge in [0.05, 0.1) is 17.7 Å². The van der Waals surface area contributed by atoms with Gasteiger partial charge in [0, 0.05) is 5.56 Å². The molecule has 23 heavy (non-hydrogen) atoms. The van der Waals surface area contributed by atoms with E-state index >= 15 is 0 Å². The number of anilines is 1. The Morgan fingerprint density at radius 3 is 2.61 bits per heavy atom. The summed E-state index contributed by atoms with van der Waals surface area (Å²) in [5, 5.41) is 4.66. The van der Waals surface area contributed by atoms with Crippen LogP contribution >= 0.6 is 11.6 Å². The van der Waals surface area contributed by atoms with Crippen LogP contribution < -0.4 is 10.5 Å². The number of nitrogens with two attached hydrogens (primary N) is 1. The molecule has 2 aromatic carbocycles. The number of methoxy groups -OCH3 is 1. The van der Waals surface area contributed by atoms with Gasteiger partial charge >= 0.3 is 0 Å². The molecule has 0 radical (unpaired) electrons. The Morgan fingerprint density at radius 1 is 1.17 bits per heavy atom. The van der Waals surface area contributed by atoms with Gasteiger partial charge in [0.15, 0.2) is 5.82 Å². The highest BCUT2D eigenvalue weighted by Gasteiger charge is 2.20. The fourth-order valence-electron chi connectivity index (χ4n) is 2.17. The first-order valence-electron chi connectivity index (χ1n) is 6.77. The van der Waals surface area contributed by atoms with Crippen LogP contribution in [0.1, 0.15) is 10.4 Å². The lowest BCUT2D eigenvalue weighted by atomic mass is 10.2. The lowest BCUT2D eigenvalue weighted by molar-refractivity contribution is 0.0945. The molecule has 0 fully saturated rings. The maximum absolute atomic E-state index is 12.6.